The summed E-state index contributed by atoms with van der Waals surface area (Å²) in [7, 11) is 0. The van der Waals surface area contributed by atoms with Gasteiger partial charge in [0.25, 0.3) is 0 Å². The van der Waals surface area contributed by atoms with Crippen LogP contribution in [-0.2, 0) is 9.59 Å². The average molecular weight is 350 g/mol. The highest BCUT2D eigenvalue weighted by Gasteiger charge is 2.29. The Hall–Kier alpha value is -1.10. The van der Waals surface area contributed by atoms with Crippen LogP contribution in [0.25, 0.3) is 0 Å². The van der Waals surface area contributed by atoms with Gasteiger partial charge in [-0.25, -0.2) is 0 Å². The SMILES string of the molecule is CC1CC(C)CN(C(=O)CN2CCN(C(=O)CC3CCCC3)CC2)C1. The van der Waals surface area contributed by atoms with Crippen LogP contribution >= 0.6 is 0 Å². The monoisotopic (exact) mass is 349 g/mol. The zero-order valence-electron chi connectivity index (χ0n) is 16.1. The molecule has 2 amide bonds. The fourth-order valence-electron chi connectivity index (χ4n) is 4.90. The number of nitrogens with zero attached hydrogens (tertiary/aromatic N) is 3. The molecule has 0 spiro atoms. The van der Waals surface area contributed by atoms with Gasteiger partial charge in [0, 0.05) is 45.7 Å². The van der Waals surface area contributed by atoms with Gasteiger partial charge in [-0.2, -0.15) is 0 Å². The molecule has 1 saturated carbocycles. The predicted octanol–water partition coefficient (Wildman–Crippen LogP) is 2.22. The summed E-state index contributed by atoms with van der Waals surface area (Å²) in [6.45, 7) is 10.0. The van der Waals surface area contributed by atoms with Crippen molar-refractivity contribution in [2.45, 2.75) is 52.4 Å². The van der Waals surface area contributed by atoms with Gasteiger partial charge in [-0.15, -0.1) is 0 Å². The molecule has 2 saturated heterocycles. The maximum Gasteiger partial charge on any atom is 0.236 e. The normalized spacial score (nSPS) is 29.2. The van der Waals surface area contributed by atoms with Crippen LogP contribution in [0.3, 0.4) is 0 Å². The number of hydrogen-bond acceptors (Lipinski definition) is 3. The lowest BCUT2D eigenvalue weighted by molar-refractivity contribution is -0.137. The summed E-state index contributed by atoms with van der Waals surface area (Å²) < 4.78 is 0. The van der Waals surface area contributed by atoms with Crippen LogP contribution in [0.1, 0.15) is 52.4 Å². The lowest BCUT2D eigenvalue weighted by Crippen LogP contribution is -2.53. The molecule has 5 nitrogen and oxygen atoms in total. The van der Waals surface area contributed by atoms with E-state index in [1.165, 1.54) is 32.1 Å². The van der Waals surface area contributed by atoms with Crippen molar-refractivity contribution in [1.82, 2.24) is 14.7 Å². The van der Waals surface area contributed by atoms with Crippen molar-refractivity contribution in [1.29, 1.82) is 0 Å². The molecule has 0 aromatic rings. The number of piperidine rings is 1. The third-order valence-electron chi connectivity index (χ3n) is 6.24. The fourth-order valence-corrected chi connectivity index (χ4v) is 4.90. The molecule has 25 heavy (non-hydrogen) atoms. The fraction of sp³-hybridized carbons (Fsp3) is 0.900. The van der Waals surface area contributed by atoms with Crippen LogP contribution in [0.15, 0.2) is 0 Å². The van der Waals surface area contributed by atoms with E-state index < -0.39 is 0 Å². The van der Waals surface area contributed by atoms with Crippen molar-refractivity contribution in [3.05, 3.63) is 0 Å². The summed E-state index contributed by atoms with van der Waals surface area (Å²) in [6.07, 6.45) is 7.01. The molecule has 0 aromatic heterocycles. The highest BCUT2D eigenvalue weighted by atomic mass is 16.2. The van der Waals surface area contributed by atoms with Crippen molar-refractivity contribution in [3.8, 4) is 0 Å². The molecule has 2 unspecified atom stereocenters. The van der Waals surface area contributed by atoms with Crippen LogP contribution in [-0.4, -0.2) is 72.3 Å². The molecule has 2 aliphatic heterocycles. The largest absolute Gasteiger partial charge is 0.341 e. The van der Waals surface area contributed by atoms with Gasteiger partial charge in [-0.3, -0.25) is 14.5 Å². The first-order chi connectivity index (χ1) is 12.0. The molecule has 142 valence electrons. The molecule has 3 rings (SSSR count). The van der Waals surface area contributed by atoms with Gasteiger partial charge >= 0.3 is 0 Å². The van der Waals surface area contributed by atoms with E-state index in [1.54, 1.807) is 0 Å². The van der Waals surface area contributed by atoms with Crippen molar-refractivity contribution in [3.63, 3.8) is 0 Å². The molecule has 0 radical (unpaired) electrons. The van der Waals surface area contributed by atoms with Gasteiger partial charge in [-0.05, 0) is 37.0 Å². The first kappa shape index (κ1) is 18.7. The number of carbonyl (C=O) groups is 2. The van der Waals surface area contributed by atoms with Gasteiger partial charge in [0.15, 0.2) is 0 Å². The van der Waals surface area contributed by atoms with Crippen LogP contribution in [0.2, 0.25) is 0 Å². The van der Waals surface area contributed by atoms with Crippen LogP contribution in [0.5, 0.6) is 0 Å². The van der Waals surface area contributed by atoms with E-state index in [9.17, 15) is 9.59 Å². The summed E-state index contributed by atoms with van der Waals surface area (Å²) in [6, 6.07) is 0. The molecule has 5 heteroatoms. The molecule has 0 N–H and O–H groups in total. The molecule has 1 aliphatic carbocycles. The molecule has 0 aromatic carbocycles. The number of likely N-dealkylation sites (tertiary alicyclic amines) is 1. The third-order valence-corrected chi connectivity index (χ3v) is 6.24. The molecule has 0 bridgehead atoms. The second kappa shape index (κ2) is 8.52. The predicted molar refractivity (Wildman–Crippen MR) is 99.1 cm³/mol. The van der Waals surface area contributed by atoms with Crippen LogP contribution < -0.4 is 0 Å². The van der Waals surface area contributed by atoms with Crippen LogP contribution in [0.4, 0.5) is 0 Å². The number of carbonyl (C=O) groups excluding carboxylic acids is 2. The Morgan fingerprint density at radius 3 is 2.04 bits per heavy atom. The van der Waals surface area contributed by atoms with Gasteiger partial charge < -0.3 is 9.80 Å². The summed E-state index contributed by atoms with van der Waals surface area (Å²) in [5, 5.41) is 0. The molecular weight excluding hydrogens is 314 g/mol. The molecule has 3 aliphatic rings. The number of rotatable bonds is 4. The van der Waals surface area contributed by atoms with E-state index in [4.69, 9.17) is 0 Å². The van der Waals surface area contributed by atoms with E-state index in [1.807, 2.05) is 4.90 Å². The topological polar surface area (TPSA) is 43.9 Å². The lowest BCUT2D eigenvalue weighted by atomic mass is 9.92. The van der Waals surface area contributed by atoms with Crippen molar-refractivity contribution >= 4 is 11.8 Å². The Morgan fingerprint density at radius 2 is 1.44 bits per heavy atom. The Balaban J connectivity index is 1.39. The minimum atomic E-state index is 0.268. The van der Waals surface area contributed by atoms with Crippen molar-refractivity contribution < 1.29 is 9.59 Å². The smallest absolute Gasteiger partial charge is 0.236 e. The minimum absolute atomic E-state index is 0.268. The van der Waals surface area contributed by atoms with Gasteiger partial charge in [0.1, 0.15) is 0 Å². The third kappa shape index (κ3) is 5.19. The molecule has 2 atom stereocenters. The second-order valence-electron chi connectivity index (χ2n) is 8.76. The average Bonchev–Trinajstić information content (AvgIpc) is 3.07. The number of hydrogen-bond donors (Lipinski definition) is 0. The van der Waals surface area contributed by atoms with E-state index in [0.717, 1.165) is 45.7 Å². The Kier molecular flexibility index (Phi) is 6.37. The maximum absolute atomic E-state index is 12.6. The number of piperazine rings is 1. The van der Waals surface area contributed by atoms with Crippen molar-refractivity contribution in [2.75, 3.05) is 45.8 Å². The maximum atomic E-state index is 12.6. The lowest BCUT2D eigenvalue weighted by Gasteiger charge is -2.38. The Bertz CT molecular complexity index is 458. The van der Waals surface area contributed by atoms with E-state index in [0.29, 0.717) is 30.2 Å². The van der Waals surface area contributed by atoms with E-state index in [-0.39, 0.29) is 5.91 Å². The summed E-state index contributed by atoms with van der Waals surface area (Å²) in [4.78, 5) is 31.3. The standard InChI is InChI=1S/C20H35N3O2/c1-16-11-17(2)14-23(13-16)20(25)15-21-7-9-22(10-8-21)19(24)12-18-5-3-4-6-18/h16-18H,3-15H2,1-2H3. The van der Waals surface area contributed by atoms with E-state index in [2.05, 4.69) is 23.6 Å². The van der Waals surface area contributed by atoms with Gasteiger partial charge in [0.05, 0.1) is 6.54 Å². The molecule has 2 heterocycles. The zero-order chi connectivity index (χ0) is 17.8. The first-order valence-electron chi connectivity index (χ1n) is 10.3. The minimum Gasteiger partial charge on any atom is -0.341 e. The van der Waals surface area contributed by atoms with Crippen LogP contribution in [0, 0.1) is 17.8 Å². The van der Waals surface area contributed by atoms with Gasteiger partial charge in [0.2, 0.25) is 11.8 Å². The summed E-state index contributed by atoms with van der Waals surface area (Å²) in [5.74, 6) is 2.44. The Labute approximate surface area is 152 Å². The van der Waals surface area contributed by atoms with Gasteiger partial charge in [-0.1, -0.05) is 26.7 Å². The number of amides is 2. The summed E-state index contributed by atoms with van der Waals surface area (Å²) >= 11 is 0. The molecule has 3 fully saturated rings. The van der Waals surface area contributed by atoms with E-state index >= 15 is 0 Å². The Morgan fingerprint density at radius 1 is 0.840 bits per heavy atom. The second-order valence-corrected chi connectivity index (χ2v) is 8.76. The zero-order valence-corrected chi connectivity index (χ0v) is 16.1. The highest BCUT2D eigenvalue weighted by Crippen LogP contribution is 2.28. The highest BCUT2D eigenvalue weighted by molar-refractivity contribution is 5.79. The first-order valence-corrected chi connectivity index (χ1v) is 10.3. The van der Waals surface area contributed by atoms with Crippen molar-refractivity contribution in [2.24, 2.45) is 17.8 Å². The summed E-state index contributed by atoms with van der Waals surface area (Å²) in [5.41, 5.74) is 0. The quantitative estimate of drug-likeness (QED) is 0.782. The molecular formula is C20H35N3O2.